The van der Waals surface area contributed by atoms with Crippen molar-refractivity contribution in [1.82, 2.24) is 0 Å². The summed E-state index contributed by atoms with van der Waals surface area (Å²) in [6.07, 6.45) is 0. The normalized spacial score (nSPS) is 0. The van der Waals surface area contributed by atoms with E-state index in [0.717, 1.165) is 0 Å². The molecule has 0 radical (unpaired) electrons. The molecule has 0 saturated heterocycles. The van der Waals surface area contributed by atoms with Crippen molar-refractivity contribution in [2.75, 3.05) is 0 Å². The van der Waals surface area contributed by atoms with Crippen LogP contribution in [0.2, 0.25) is 0 Å². The van der Waals surface area contributed by atoms with Crippen molar-refractivity contribution < 1.29 is 1960 Å². The van der Waals surface area contributed by atoms with Crippen LogP contribution in [-0.4, -0.2) is 0 Å². The summed E-state index contributed by atoms with van der Waals surface area (Å²) < 4.78 is 0. The van der Waals surface area contributed by atoms with Gasteiger partial charge in [0.15, 0.2) is 0 Å². The van der Waals surface area contributed by atoms with Crippen LogP contribution in [0.5, 0.6) is 0 Å². The fourth-order valence-electron chi connectivity index (χ4n) is 0. The molecular formula is Ni20Pd80. The van der Waals surface area contributed by atoms with E-state index in [0.29, 0.717) is 0 Å². The molecular weight excluding hydrogens is 9690 g/mol. The molecule has 100 heteroatoms. The van der Waals surface area contributed by atoms with Gasteiger partial charge in [-0.1, -0.05) is 0 Å². The molecule has 0 bridgehead atoms. The fourth-order valence-corrected chi connectivity index (χ4v) is 0. The number of hydrogen-bond donors (Lipinski definition) is 0. The molecule has 0 N–H and O–H groups in total. The molecule has 0 aliphatic heterocycles. The molecule has 0 spiro atoms. The van der Waals surface area contributed by atoms with Gasteiger partial charge >= 0.3 is 0 Å². The van der Waals surface area contributed by atoms with E-state index in [1.807, 2.05) is 0 Å². The SMILES string of the molecule is [Ni].[Ni].[Ni].[Ni].[Ni].[Ni].[Ni].[Ni].[Ni].[Ni].[Ni].[Ni].[Ni].[Ni].[Ni].[Ni].[Ni].[Ni].[Ni].[Ni].[Pd].[Pd].[Pd].[Pd].[Pd].[Pd].[Pd].[Pd].[Pd].[Pd].[Pd].[Pd].[Pd].[Pd].[Pd].[Pd].[Pd].[Pd].[Pd].[Pd].[Pd].[Pd].[Pd].[Pd].[Pd].[Pd].[Pd].[Pd].[Pd].[Pd].[Pd].[Pd].[Pd].[Pd].[Pd].[Pd].[Pd].[Pd].[Pd].[Pd].[Pd].[Pd].[Pd].[Pd].[Pd].[Pd].[Pd].[Pd].[Pd].[Pd].[Pd].[Pd].[Pd].[Pd].[Pd].[Pd].[Pd].[Pd].[Pd].[Pd].[Pd].[Pd].[Pd].[Pd].[Pd].[Pd].[Pd].[Pd].[Pd].[Pd].[Pd].[Pd].[Pd].[Pd].[Pd].[Pd].[Pd].[Pd].[Pd].[Pd]. The molecule has 0 atom stereocenters. The summed E-state index contributed by atoms with van der Waals surface area (Å²) in [6, 6.07) is 0. The van der Waals surface area contributed by atoms with E-state index in [9.17, 15) is 0 Å². The molecule has 0 amide bonds. The van der Waals surface area contributed by atoms with Crippen LogP contribution in [0.4, 0.5) is 0 Å². The summed E-state index contributed by atoms with van der Waals surface area (Å²) >= 11 is 0. The van der Waals surface area contributed by atoms with Gasteiger partial charge in [0.1, 0.15) is 0 Å². The largest absolute Gasteiger partial charge is 0 e. The summed E-state index contributed by atoms with van der Waals surface area (Å²) in [6.45, 7) is 0. The summed E-state index contributed by atoms with van der Waals surface area (Å²) in [5.41, 5.74) is 0. The van der Waals surface area contributed by atoms with E-state index in [1.165, 1.54) is 0 Å². The maximum atomic E-state index is 0. The molecule has 100 heavy (non-hydrogen) atoms. The topological polar surface area (TPSA) is 0 Å². The van der Waals surface area contributed by atoms with Crippen molar-refractivity contribution in [3.8, 4) is 0 Å². The fraction of sp³-hybridized carbons (Fsp3) is 0. The van der Waals surface area contributed by atoms with Gasteiger partial charge in [-0.3, -0.25) is 0 Å². The third-order valence-corrected chi connectivity index (χ3v) is 0. The Labute approximate surface area is 1900 Å². The molecule has 0 aromatic heterocycles. The minimum Gasteiger partial charge on any atom is 0 e. The van der Waals surface area contributed by atoms with Gasteiger partial charge in [-0.25, -0.2) is 0 Å². The van der Waals surface area contributed by atoms with E-state index in [4.69, 9.17) is 0 Å². The van der Waals surface area contributed by atoms with Gasteiger partial charge in [-0.15, -0.1) is 0 Å². The average molecular weight is 9690 g/mol. The van der Waals surface area contributed by atoms with E-state index in [2.05, 4.69) is 0 Å². The Morgan fingerprint density at radius 3 is 0.0200 bits per heavy atom. The molecule has 0 rings (SSSR count). The first-order valence-electron chi connectivity index (χ1n) is 0. The zero-order chi connectivity index (χ0) is 0. The quantitative estimate of drug-likeness (QED) is 0.295. The van der Waals surface area contributed by atoms with Crippen LogP contribution in [0.15, 0.2) is 0 Å². The number of rotatable bonds is 0. The molecule has 0 nitrogen and oxygen atoms in total. The van der Waals surface area contributed by atoms with Crippen LogP contribution >= 0.6 is 0 Å². The smallest absolute Gasteiger partial charge is 0 e. The van der Waals surface area contributed by atoms with Crippen molar-refractivity contribution in [2.24, 2.45) is 0 Å². The molecule has 0 aromatic carbocycles. The standard InChI is InChI=1S/20Ni.80Pd. The molecule has 0 unspecified atom stereocenters. The zero-order valence-corrected chi connectivity index (χ0v) is 176. The van der Waals surface area contributed by atoms with E-state index in [-0.39, 0.29) is 1960 Å². The first-order chi connectivity index (χ1) is 0. The zero-order valence-electron chi connectivity index (χ0n) is 31.6. The van der Waals surface area contributed by atoms with E-state index in [1.54, 1.807) is 0 Å². The Balaban J connectivity index is 0. The second kappa shape index (κ2) is 1060. The summed E-state index contributed by atoms with van der Waals surface area (Å²) in [5.74, 6) is 0. The molecule has 0 fully saturated rings. The van der Waals surface area contributed by atoms with Gasteiger partial charge in [0, 0.05) is 1960 Å². The number of hydrogen-bond acceptors (Lipinski definition) is 0. The van der Waals surface area contributed by atoms with Crippen LogP contribution in [0, 0.1) is 0 Å². The molecule has 0 heterocycles. The second-order valence-electron chi connectivity index (χ2n) is 0. The van der Waals surface area contributed by atoms with Gasteiger partial charge in [0.2, 0.25) is 0 Å². The first kappa shape index (κ1) is 1080. The predicted octanol–water partition coefficient (Wildman–Crippen LogP) is -0.250. The molecule has 0 saturated carbocycles. The Hall–Kier alpha value is 62.9. The monoisotopic (exact) mass is 9630 g/mol. The van der Waals surface area contributed by atoms with E-state index < -0.39 is 0 Å². The summed E-state index contributed by atoms with van der Waals surface area (Å²) in [5, 5.41) is 0. The third kappa shape index (κ3) is 1040. The van der Waals surface area contributed by atoms with Crippen molar-refractivity contribution in [2.45, 2.75) is 0 Å². The second-order valence-corrected chi connectivity index (χ2v) is 0. The van der Waals surface area contributed by atoms with Gasteiger partial charge in [-0.2, -0.15) is 0 Å². The van der Waals surface area contributed by atoms with Crippen LogP contribution in [0.25, 0.3) is 0 Å². The van der Waals surface area contributed by atoms with Crippen molar-refractivity contribution in [3.63, 3.8) is 0 Å². The Morgan fingerprint density at radius 1 is 0.0200 bits per heavy atom. The Morgan fingerprint density at radius 2 is 0.0200 bits per heavy atom. The maximum absolute atomic E-state index is 0. The van der Waals surface area contributed by atoms with Gasteiger partial charge in [-0.05, 0) is 0 Å². The maximum Gasteiger partial charge on any atom is 0 e. The van der Waals surface area contributed by atoms with Gasteiger partial charge in [0.25, 0.3) is 0 Å². The van der Waals surface area contributed by atoms with E-state index >= 15 is 0 Å². The van der Waals surface area contributed by atoms with Crippen molar-refractivity contribution in [1.29, 1.82) is 0 Å². The molecule has 0 aliphatic rings. The molecule has 1000 valence electrons. The van der Waals surface area contributed by atoms with Gasteiger partial charge in [0.05, 0.1) is 0 Å². The minimum absolute atomic E-state index is 0. The summed E-state index contributed by atoms with van der Waals surface area (Å²) in [7, 11) is 0. The van der Waals surface area contributed by atoms with Crippen molar-refractivity contribution >= 4 is 0 Å². The van der Waals surface area contributed by atoms with Crippen LogP contribution < -0.4 is 0 Å². The first-order valence-corrected chi connectivity index (χ1v) is 0. The average Bonchev–Trinajstić information content (AvgIpc) is 0. The van der Waals surface area contributed by atoms with Gasteiger partial charge < -0.3 is 0 Å². The molecule has 0 aromatic rings. The van der Waals surface area contributed by atoms with Crippen LogP contribution in [-0.2, 0) is 1960 Å². The summed E-state index contributed by atoms with van der Waals surface area (Å²) in [4.78, 5) is 0. The predicted molar refractivity (Wildman–Crippen MR) is 0 cm³/mol. The Kier molecular flexibility index (Phi) is 11400. The third-order valence-electron chi connectivity index (χ3n) is 0. The molecule has 0 aliphatic carbocycles. The van der Waals surface area contributed by atoms with Crippen molar-refractivity contribution in [3.05, 3.63) is 0 Å². The Bertz CT molecular complexity index is 72.2. The van der Waals surface area contributed by atoms with Crippen LogP contribution in [0.3, 0.4) is 0 Å². The minimum atomic E-state index is 0. The van der Waals surface area contributed by atoms with Crippen LogP contribution in [0.1, 0.15) is 0 Å².